The van der Waals surface area contributed by atoms with Crippen LogP contribution in [0.5, 0.6) is 0 Å². The molecule has 9 heteroatoms. The first-order valence-corrected chi connectivity index (χ1v) is 25.1. The molecular formula is C46H94N2O6P+. The van der Waals surface area contributed by atoms with E-state index in [4.69, 9.17) is 9.05 Å². The highest BCUT2D eigenvalue weighted by molar-refractivity contribution is 7.47. The van der Waals surface area contributed by atoms with E-state index in [0.29, 0.717) is 17.4 Å². The van der Waals surface area contributed by atoms with Crippen LogP contribution in [0.1, 0.15) is 226 Å². The zero-order valence-corrected chi connectivity index (χ0v) is 38.1. The fourth-order valence-corrected chi connectivity index (χ4v) is 7.72. The molecule has 0 aliphatic heterocycles. The summed E-state index contributed by atoms with van der Waals surface area (Å²) in [6, 6.07) is -0.837. The Labute approximate surface area is 342 Å². The van der Waals surface area contributed by atoms with Crippen molar-refractivity contribution in [2.75, 3.05) is 40.9 Å². The fourth-order valence-electron chi connectivity index (χ4n) is 6.98. The van der Waals surface area contributed by atoms with E-state index in [0.717, 1.165) is 44.9 Å². The van der Waals surface area contributed by atoms with Crippen LogP contribution in [0.3, 0.4) is 0 Å². The van der Waals surface area contributed by atoms with Gasteiger partial charge in [-0.05, 0) is 19.3 Å². The molecule has 0 saturated heterocycles. The summed E-state index contributed by atoms with van der Waals surface area (Å²) in [5.74, 6) is -0.188. The Morgan fingerprint density at radius 2 is 0.964 bits per heavy atom. The number of allylic oxidation sites excluding steroid dienone is 1. The standard InChI is InChI=1S/C46H93N2O6P/c1-6-8-10-12-13-14-15-16-17-18-19-20-21-22-23-24-25-26-27-28-29-30-31-32-33-34-36-37-39-45(49)44(47-46(50)40-38-35-11-9-7-2)43-54-55(51,52)53-42-41-48(3,4)5/h37,39,44-45,49H,6-36,38,40-43H2,1-5H3,(H-,47,50,51,52)/p+1/b39-37+. The van der Waals surface area contributed by atoms with E-state index in [1.807, 2.05) is 27.2 Å². The van der Waals surface area contributed by atoms with Crippen LogP contribution in [-0.2, 0) is 18.4 Å². The lowest BCUT2D eigenvalue weighted by atomic mass is 10.0. The molecule has 3 N–H and O–H groups in total. The van der Waals surface area contributed by atoms with Gasteiger partial charge in [0.25, 0.3) is 0 Å². The molecule has 3 unspecified atom stereocenters. The zero-order valence-electron chi connectivity index (χ0n) is 37.2. The van der Waals surface area contributed by atoms with Gasteiger partial charge in [-0.1, -0.05) is 212 Å². The Balaban J connectivity index is 3.96. The number of phosphoric ester groups is 1. The van der Waals surface area contributed by atoms with Crippen molar-refractivity contribution in [1.29, 1.82) is 0 Å². The number of nitrogens with zero attached hydrogens (tertiary/aromatic N) is 1. The summed E-state index contributed by atoms with van der Waals surface area (Å²) < 4.78 is 23.4. The van der Waals surface area contributed by atoms with Gasteiger partial charge in [0, 0.05) is 6.42 Å². The number of rotatable bonds is 43. The van der Waals surface area contributed by atoms with Crippen molar-refractivity contribution in [3.05, 3.63) is 12.2 Å². The summed E-state index contributed by atoms with van der Waals surface area (Å²) in [6.45, 7) is 4.74. The third-order valence-electron chi connectivity index (χ3n) is 10.8. The van der Waals surface area contributed by atoms with E-state index in [9.17, 15) is 19.4 Å². The van der Waals surface area contributed by atoms with Gasteiger partial charge >= 0.3 is 7.82 Å². The molecule has 0 bridgehead atoms. The van der Waals surface area contributed by atoms with Crippen LogP contribution in [0.15, 0.2) is 12.2 Å². The van der Waals surface area contributed by atoms with E-state index in [2.05, 4.69) is 19.2 Å². The van der Waals surface area contributed by atoms with Gasteiger partial charge in [0.1, 0.15) is 13.2 Å². The van der Waals surface area contributed by atoms with Crippen molar-refractivity contribution in [2.24, 2.45) is 0 Å². The summed E-state index contributed by atoms with van der Waals surface area (Å²) in [5.41, 5.74) is 0. The topological polar surface area (TPSA) is 105 Å². The maximum atomic E-state index is 12.6. The quantitative estimate of drug-likeness (QED) is 0.0245. The second-order valence-corrected chi connectivity index (χ2v) is 18.9. The van der Waals surface area contributed by atoms with Gasteiger partial charge < -0.3 is 19.8 Å². The summed E-state index contributed by atoms with van der Waals surface area (Å²) in [5, 5.41) is 13.7. The summed E-state index contributed by atoms with van der Waals surface area (Å²) in [4.78, 5) is 22.8. The minimum absolute atomic E-state index is 0.0636. The first-order valence-electron chi connectivity index (χ1n) is 23.6. The Morgan fingerprint density at radius 3 is 1.35 bits per heavy atom. The molecule has 0 radical (unpaired) electrons. The summed E-state index contributed by atoms with van der Waals surface area (Å²) in [6.07, 6.45) is 44.9. The minimum Gasteiger partial charge on any atom is -0.387 e. The lowest BCUT2D eigenvalue weighted by Gasteiger charge is -2.25. The van der Waals surface area contributed by atoms with Crippen molar-refractivity contribution in [2.45, 2.75) is 238 Å². The van der Waals surface area contributed by atoms with Crippen LogP contribution in [-0.4, -0.2) is 73.4 Å². The molecule has 328 valence electrons. The average molecular weight is 802 g/mol. The van der Waals surface area contributed by atoms with Gasteiger partial charge in [-0.15, -0.1) is 0 Å². The maximum Gasteiger partial charge on any atom is 0.472 e. The van der Waals surface area contributed by atoms with E-state index in [1.54, 1.807) is 6.08 Å². The van der Waals surface area contributed by atoms with Gasteiger partial charge in [0.15, 0.2) is 0 Å². The molecule has 0 aliphatic carbocycles. The molecule has 3 atom stereocenters. The molecule has 0 heterocycles. The number of carbonyl (C=O) groups is 1. The van der Waals surface area contributed by atoms with E-state index in [-0.39, 0.29) is 19.1 Å². The number of carbonyl (C=O) groups excluding carboxylic acids is 1. The van der Waals surface area contributed by atoms with Crippen molar-refractivity contribution >= 4 is 13.7 Å². The van der Waals surface area contributed by atoms with Crippen LogP contribution < -0.4 is 5.32 Å². The van der Waals surface area contributed by atoms with Gasteiger partial charge in [-0.2, -0.15) is 0 Å². The second-order valence-electron chi connectivity index (χ2n) is 17.5. The van der Waals surface area contributed by atoms with E-state index >= 15 is 0 Å². The number of hydrogen-bond donors (Lipinski definition) is 3. The van der Waals surface area contributed by atoms with Crippen LogP contribution in [0.25, 0.3) is 0 Å². The van der Waals surface area contributed by atoms with Crippen molar-refractivity contribution in [1.82, 2.24) is 5.32 Å². The lowest BCUT2D eigenvalue weighted by molar-refractivity contribution is -0.870. The number of quaternary nitrogens is 1. The second kappa shape index (κ2) is 38.7. The number of aliphatic hydroxyl groups excluding tert-OH is 1. The predicted octanol–water partition coefficient (Wildman–Crippen LogP) is 13.1. The molecule has 0 saturated carbocycles. The highest BCUT2D eigenvalue weighted by Gasteiger charge is 2.27. The molecule has 0 rings (SSSR count). The third kappa shape index (κ3) is 41.2. The van der Waals surface area contributed by atoms with E-state index < -0.39 is 20.0 Å². The van der Waals surface area contributed by atoms with Crippen molar-refractivity contribution in [3.8, 4) is 0 Å². The largest absolute Gasteiger partial charge is 0.472 e. The minimum atomic E-state index is -4.32. The first-order chi connectivity index (χ1) is 26.5. The zero-order chi connectivity index (χ0) is 40.7. The molecule has 55 heavy (non-hydrogen) atoms. The van der Waals surface area contributed by atoms with Gasteiger partial charge in [0.05, 0.1) is 39.9 Å². The molecule has 0 aromatic heterocycles. The molecule has 0 spiro atoms. The number of unbranched alkanes of at least 4 members (excludes halogenated alkanes) is 30. The number of hydrogen-bond acceptors (Lipinski definition) is 5. The van der Waals surface area contributed by atoms with Gasteiger partial charge in [-0.3, -0.25) is 13.8 Å². The molecule has 0 fully saturated rings. The summed E-state index contributed by atoms with van der Waals surface area (Å²) >= 11 is 0. The van der Waals surface area contributed by atoms with Crippen LogP contribution in [0, 0.1) is 0 Å². The molecule has 8 nitrogen and oxygen atoms in total. The van der Waals surface area contributed by atoms with E-state index in [1.165, 1.54) is 161 Å². The number of nitrogens with one attached hydrogen (secondary N) is 1. The molecule has 0 aliphatic rings. The van der Waals surface area contributed by atoms with Crippen molar-refractivity contribution < 1.29 is 32.9 Å². The molecule has 1 amide bonds. The number of amides is 1. The first kappa shape index (κ1) is 54.2. The summed E-state index contributed by atoms with van der Waals surface area (Å²) in [7, 11) is 1.58. The fraction of sp³-hybridized carbons (Fsp3) is 0.935. The molecule has 0 aromatic rings. The smallest absolute Gasteiger partial charge is 0.387 e. The Hall–Kier alpha value is -0.760. The number of aliphatic hydroxyl groups is 1. The monoisotopic (exact) mass is 802 g/mol. The van der Waals surface area contributed by atoms with Crippen molar-refractivity contribution in [3.63, 3.8) is 0 Å². The Bertz CT molecular complexity index is 911. The van der Waals surface area contributed by atoms with Crippen LogP contribution >= 0.6 is 7.82 Å². The average Bonchev–Trinajstić information content (AvgIpc) is 3.13. The van der Waals surface area contributed by atoms with Gasteiger partial charge in [0.2, 0.25) is 5.91 Å². The highest BCUT2D eigenvalue weighted by atomic mass is 31.2. The molecule has 0 aromatic carbocycles. The highest BCUT2D eigenvalue weighted by Crippen LogP contribution is 2.43. The third-order valence-corrected chi connectivity index (χ3v) is 11.7. The normalized spacial score (nSPS) is 14.4. The maximum absolute atomic E-state index is 12.6. The lowest BCUT2D eigenvalue weighted by Crippen LogP contribution is -2.45. The molecular weight excluding hydrogens is 707 g/mol. The number of phosphoric acid groups is 1. The predicted molar refractivity (Wildman–Crippen MR) is 235 cm³/mol. The number of likely N-dealkylation sites (N-methyl/N-ethyl adjacent to an activating group) is 1. The Kier molecular flexibility index (Phi) is 38.2. The SMILES string of the molecule is CCCCCCCCCCCCCCCCCCCCCCCCCCCC/C=C/C(O)C(COP(=O)(O)OCC[N+](C)(C)C)NC(=O)CCCCCCC. The van der Waals surface area contributed by atoms with Crippen LogP contribution in [0.2, 0.25) is 0 Å². The van der Waals surface area contributed by atoms with Gasteiger partial charge in [-0.25, -0.2) is 4.57 Å². The Morgan fingerprint density at radius 1 is 0.600 bits per heavy atom. The van der Waals surface area contributed by atoms with Crippen LogP contribution in [0.4, 0.5) is 0 Å².